The number of carbonyl (C=O) groups is 1. The van der Waals surface area contributed by atoms with Crippen LogP contribution < -0.4 is 0 Å². The number of hydrogen-bond acceptors (Lipinski definition) is 1. The van der Waals surface area contributed by atoms with Crippen LogP contribution in [0.3, 0.4) is 0 Å². The Morgan fingerprint density at radius 3 is 1.88 bits per heavy atom. The molecule has 0 atom stereocenters. The van der Waals surface area contributed by atoms with Crippen LogP contribution in [-0.2, 0) is 11.3 Å². The molecule has 1 amide bonds. The highest BCUT2D eigenvalue weighted by Gasteiger charge is 2.19. The van der Waals surface area contributed by atoms with E-state index in [-0.39, 0.29) is 16.9 Å². The minimum absolute atomic E-state index is 0.0272. The number of carbonyl (C=O) groups excluding carboxylic acids is 1. The third-order valence-electron chi connectivity index (χ3n) is 3.98. The third-order valence-corrected chi connectivity index (χ3v) is 3.98. The van der Waals surface area contributed by atoms with Crippen molar-refractivity contribution in [2.75, 3.05) is 7.05 Å². The molecule has 134 valence electrons. The zero-order valence-electron chi connectivity index (χ0n) is 15.2. The molecule has 0 spiro atoms. The van der Waals surface area contributed by atoms with Gasteiger partial charge in [-0.1, -0.05) is 69.3 Å². The first-order chi connectivity index (χ1) is 11.7. The summed E-state index contributed by atoms with van der Waals surface area (Å²) in [6, 6.07) is 14.2. The number of nitrogens with zero attached hydrogens (tertiary/aromatic N) is 1. The maximum atomic E-state index is 12.6. The Balaban J connectivity index is 2.03. The van der Waals surface area contributed by atoms with Gasteiger partial charge in [0, 0.05) is 25.6 Å². The van der Waals surface area contributed by atoms with Gasteiger partial charge >= 0.3 is 0 Å². The zero-order chi connectivity index (χ0) is 18.6. The molecule has 0 saturated carbocycles. The average Bonchev–Trinajstić information content (AvgIpc) is 2.54. The Hall–Kier alpha value is -2.23. The summed E-state index contributed by atoms with van der Waals surface area (Å²) >= 11 is 0. The van der Waals surface area contributed by atoms with E-state index < -0.39 is 6.43 Å². The fourth-order valence-electron chi connectivity index (χ4n) is 2.57. The predicted octanol–water partition coefficient (Wildman–Crippen LogP) is 5.69. The topological polar surface area (TPSA) is 20.3 Å². The minimum Gasteiger partial charge on any atom is -0.341 e. The van der Waals surface area contributed by atoms with Crippen LogP contribution in [0.4, 0.5) is 8.78 Å². The number of rotatable bonds is 5. The van der Waals surface area contributed by atoms with Crippen molar-refractivity contribution in [2.45, 2.75) is 40.2 Å². The van der Waals surface area contributed by atoms with Crippen LogP contribution in [-0.4, -0.2) is 17.9 Å². The highest BCUT2D eigenvalue weighted by atomic mass is 19.3. The molecular formula is C21H25F2NO. The van der Waals surface area contributed by atoms with Crippen molar-refractivity contribution in [3.63, 3.8) is 0 Å². The van der Waals surface area contributed by atoms with Crippen molar-refractivity contribution in [3.8, 4) is 11.1 Å². The van der Waals surface area contributed by atoms with Gasteiger partial charge in [0.25, 0.3) is 6.43 Å². The lowest BCUT2D eigenvalue weighted by Crippen LogP contribution is -2.29. The van der Waals surface area contributed by atoms with E-state index in [9.17, 15) is 13.6 Å². The van der Waals surface area contributed by atoms with E-state index in [0.717, 1.165) is 16.7 Å². The molecule has 0 bridgehead atoms. The molecular weight excluding hydrogens is 320 g/mol. The summed E-state index contributed by atoms with van der Waals surface area (Å²) in [4.78, 5) is 13.9. The van der Waals surface area contributed by atoms with Gasteiger partial charge in [-0.25, -0.2) is 8.78 Å². The van der Waals surface area contributed by atoms with Crippen molar-refractivity contribution < 1.29 is 13.6 Å². The van der Waals surface area contributed by atoms with Crippen LogP contribution in [0.2, 0.25) is 0 Å². The van der Waals surface area contributed by atoms with Crippen LogP contribution in [0, 0.1) is 5.41 Å². The van der Waals surface area contributed by atoms with Gasteiger partial charge in [-0.3, -0.25) is 4.79 Å². The van der Waals surface area contributed by atoms with Gasteiger partial charge in [-0.2, -0.15) is 0 Å². The molecule has 2 rings (SSSR count). The van der Waals surface area contributed by atoms with Crippen molar-refractivity contribution in [3.05, 3.63) is 59.7 Å². The Kier molecular flexibility index (Phi) is 5.93. The fourth-order valence-corrected chi connectivity index (χ4v) is 2.57. The molecule has 0 heterocycles. The van der Waals surface area contributed by atoms with E-state index in [1.165, 1.54) is 12.1 Å². The Morgan fingerprint density at radius 1 is 0.960 bits per heavy atom. The quantitative estimate of drug-likeness (QED) is 0.682. The maximum Gasteiger partial charge on any atom is 0.263 e. The van der Waals surface area contributed by atoms with Gasteiger partial charge < -0.3 is 4.90 Å². The molecule has 0 radical (unpaired) electrons. The van der Waals surface area contributed by atoms with Gasteiger partial charge in [-0.05, 0) is 22.1 Å². The maximum absolute atomic E-state index is 12.6. The van der Waals surface area contributed by atoms with E-state index >= 15 is 0 Å². The summed E-state index contributed by atoms with van der Waals surface area (Å²) in [5.41, 5.74) is 2.90. The highest BCUT2D eigenvalue weighted by Crippen LogP contribution is 2.25. The Labute approximate surface area is 148 Å². The van der Waals surface area contributed by atoms with Crippen LogP contribution >= 0.6 is 0 Å². The van der Waals surface area contributed by atoms with Crippen molar-refractivity contribution in [1.29, 1.82) is 0 Å². The summed E-state index contributed by atoms with van der Waals surface area (Å²) in [7, 11) is 1.81. The molecule has 0 aliphatic carbocycles. The van der Waals surface area contributed by atoms with Gasteiger partial charge in [0.05, 0.1) is 0 Å². The molecule has 2 nitrogen and oxygen atoms in total. The Morgan fingerprint density at radius 2 is 1.44 bits per heavy atom. The standard InChI is InChI=1S/C21H25F2NO/c1-21(2,3)13-19(25)24(4)14-15-5-7-16(8-6-15)17-9-11-18(12-10-17)20(22)23/h5-12,20H,13-14H2,1-4H3. The number of halogens is 2. The molecule has 25 heavy (non-hydrogen) atoms. The largest absolute Gasteiger partial charge is 0.341 e. The highest BCUT2D eigenvalue weighted by molar-refractivity contribution is 5.76. The second-order valence-corrected chi connectivity index (χ2v) is 7.61. The molecule has 0 aromatic heterocycles. The lowest BCUT2D eigenvalue weighted by Gasteiger charge is -2.23. The summed E-state index contributed by atoms with van der Waals surface area (Å²) < 4.78 is 25.2. The molecule has 0 unspecified atom stereocenters. The lowest BCUT2D eigenvalue weighted by molar-refractivity contribution is -0.132. The van der Waals surface area contributed by atoms with E-state index in [2.05, 4.69) is 0 Å². The van der Waals surface area contributed by atoms with E-state index in [0.29, 0.717) is 13.0 Å². The van der Waals surface area contributed by atoms with E-state index in [1.54, 1.807) is 17.0 Å². The molecule has 0 aliphatic heterocycles. The minimum atomic E-state index is -2.45. The molecule has 0 fully saturated rings. The first kappa shape index (κ1) is 19.1. The third kappa shape index (κ3) is 5.66. The number of hydrogen-bond donors (Lipinski definition) is 0. The van der Waals surface area contributed by atoms with Crippen LogP contribution in [0.1, 0.15) is 44.7 Å². The van der Waals surface area contributed by atoms with Crippen LogP contribution in [0.15, 0.2) is 48.5 Å². The van der Waals surface area contributed by atoms with Crippen LogP contribution in [0.5, 0.6) is 0 Å². The molecule has 0 aliphatic rings. The zero-order valence-corrected chi connectivity index (χ0v) is 15.2. The van der Waals surface area contributed by atoms with E-state index in [4.69, 9.17) is 0 Å². The molecule has 2 aromatic carbocycles. The van der Waals surface area contributed by atoms with Gasteiger partial charge in [0.2, 0.25) is 5.91 Å². The SMILES string of the molecule is CN(Cc1ccc(-c2ccc(C(F)F)cc2)cc1)C(=O)CC(C)(C)C. The summed E-state index contributed by atoms with van der Waals surface area (Å²) in [5.74, 6) is 0.124. The predicted molar refractivity (Wildman–Crippen MR) is 97.4 cm³/mol. The van der Waals surface area contributed by atoms with Crippen molar-refractivity contribution >= 4 is 5.91 Å². The summed E-state index contributed by atoms with van der Waals surface area (Å²) in [5, 5.41) is 0. The number of alkyl halides is 2. The first-order valence-corrected chi connectivity index (χ1v) is 8.37. The normalized spacial score (nSPS) is 11.6. The van der Waals surface area contributed by atoms with E-state index in [1.807, 2.05) is 52.1 Å². The smallest absolute Gasteiger partial charge is 0.263 e. The average molecular weight is 345 g/mol. The molecule has 0 saturated heterocycles. The summed E-state index contributed by atoms with van der Waals surface area (Å²) in [6.07, 6.45) is -1.93. The Bertz CT molecular complexity index is 700. The summed E-state index contributed by atoms with van der Waals surface area (Å²) in [6.45, 7) is 6.70. The van der Waals surface area contributed by atoms with Crippen molar-refractivity contribution in [2.24, 2.45) is 5.41 Å². The van der Waals surface area contributed by atoms with Gasteiger partial charge in [0.15, 0.2) is 0 Å². The van der Waals surface area contributed by atoms with Crippen molar-refractivity contribution in [1.82, 2.24) is 4.90 Å². The van der Waals surface area contributed by atoms with Gasteiger partial charge in [-0.15, -0.1) is 0 Å². The second-order valence-electron chi connectivity index (χ2n) is 7.61. The first-order valence-electron chi connectivity index (χ1n) is 8.37. The number of benzene rings is 2. The van der Waals surface area contributed by atoms with Gasteiger partial charge in [0.1, 0.15) is 0 Å². The second kappa shape index (κ2) is 7.77. The van der Waals surface area contributed by atoms with Crippen LogP contribution in [0.25, 0.3) is 11.1 Å². The monoisotopic (exact) mass is 345 g/mol. The fraction of sp³-hybridized carbons (Fsp3) is 0.381. The lowest BCUT2D eigenvalue weighted by atomic mass is 9.91. The molecule has 4 heteroatoms. The number of amides is 1. The molecule has 0 N–H and O–H groups in total. The molecule has 2 aromatic rings.